The highest BCUT2D eigenvalue weighted by atomic mass is 32.2. The molecule has 0 atom stereocenters. The first-order chi connectivity index (χ1) is 9.92. The molecule has 1 aliphatic carbocycles. The number of nitrogens with one attached hydrogen (secondary N) is 2. The van der Waals surface area contributed by atoms with Gasteiger partial charge in [-0.1, -0.05) is 12.1 Å². The van der Waals surface area contributed by atoms with E-state index in [1.807, 2.05) is 29.6 Å². The van der Waals surface area contributed by atoms with Crippen molar-refractivity contribution in [3.63, 3.8) is 0 Å². The van der Waals surface area contributed by atoms with E-state index in [0.717, 1.165) is 17.0 Å². The molecule has 0 saturated heterocycles. The molecule has 0 spiro atoms. The summed E-state index contributed by atoms with van der Waals surface area (Å²) < 4.78 is 35.8. The summed E-state index contributed by atoms with van der Waals surface area (Å²) in [5.74, 6) is -0.632. The summed E-state index contributed by atoms with van der Waals surface area (Å²) in [7, 11) is 0. The smallest absolute Gasteiger partial charge is 0.346 e. The van der Waals surface area contributed by atoms with Gasteiger partial charge in [0.2, 0.25) is 5.91 Å². The van der Waals surface area contributed by atoms with Crippen molar-refractivity contribution in [1.29, 1.82) is 0 Å². The number of amides is 1. The fraction of sp³-hybridized carbons (Fsp3) is 0.500. The largest absolute Gasteiger partial charge is 0.405 e. The van der Waals surface area contributed by atoms with E-state index < -0.39 is 18.6 Å². The van der Waals surface area contributed by atoms with Crippen LogP contribution in [0.5, 0.6) is 0 Å². The maximum absolute atomic E-state index is 11.9. The number of halogens is 3. The van der Waals surface area contributed by atoms with Gasteiger partial charge in [0, 0.05) is 17.5 Å². The van der Waals surface area contributed by atoms with E-state index in [4.69, 9.17) is 0 Å². The number of carbonyl (C=O) groups is 1. The molecule has 1 aromatic carbocycles. The molecule has 0 bridgehead atoms. The average molecular weight is 318 g/mol. The van der Waals surface area contributed by atoms with Crippen LogP contribution in [0.2, 0.25) is 0 Å². The highest BCUT2D eigenvalue weighted by molar-refractivity contribution is 8.00. The Kier molecular flexibility index (Phi) is 5.52. The van der Waals surface area contributed by atoms with E-state index in [-0.39, 0.29) is 5.75 Å². The normalized spacial score (nSPS) is 15.0. The molecule has 0 radical (unpaired) electrons. The van der Waals surface area contributed by atoms with Gasteiger partial charge in [-0.25, -0.2) is 0 Å². The van der Waals surface area contributed by atoms with Gasteiger partial charge in [0.05, 0.1) is 5.75 Å². The molecular weight excluding hydrogens is 301 g/mol. The van der Waals surface area contributed by atoms with Crippen LogP contribution in [0.4, 0.5) is 13.2 Å². The summed E-state index contributed by atoms with van der Waals surface area (Å²) >= 11 is 1.22. The second-order valence-corrected chi connectivity index (χ2v) is 6.03. The minimum Gasteiger partial charge on any atom is -0.346 e. The SMILES string of the molecule is O=C(CSc1ccc(CNC2CC2)cc1)NCC(F)(F)F. The molecular formula is C14H17F3N2OS. The van der Waals surface area contributed by atoms with Crippen molar-refractivity contribution >= 4 is 17.7 Å². The number of rotatable bonds is 7. The lowest BCUT2D eigenvalue weighted by molar-refractivity contribution is -0.136. The Hall–Kier alpha value is -1.21. The van der Waals surface area contributed by atoms with Gasteiger partial charge < -0.3 is 10.6 Å². The van der Waals surface area contributed by atoms with Crippen molar-refractivity contribution in [3.8, 4) is 0 Å². The Morgan fingerprint density at radius 2 is 1.90 bits per heavy atom. The van der Waals surface area contributed by atoms with Crippen LogP contribution in [0.1, 0.15) is 18.4 Å². The number of carbonyl (C=O) groups excluding carboxylic acids is 1. The number of hydrogen-bond acceptors (Lipinski definition) is 3. The quantitative estimate of drug-likeness (QED) is 0.760. The molecule has 0 heterocycles. The van der Waals surface area contributed by atoms with Crippen molar-refractivity contribution < 1.29 is 18.0 Å². The Morgan fingerprint density at radius 3 is 2.48 bits per heavy atom. The predicted molar refractivity (Wildman–Crippen MR) is 76.1 cm³/mol. The van der Waals surface area contributed by atoms with Gasteiger partial charge in [0.1, 0.15) is 6.54 Å². The first kappa shape index (κ1) is 16.2. The summed E-state index contributed by atoms with van der Waals surface area (Å²) in [4.78, 5) is 12.1. The van der Waals surface area contributed by atoms with Crippen LogP contribution >= 0.6 is 11.8 Å². The van der Waals surface area contributed by atoms with Crippen molar-refractivity contribution in [2.75, 3.05) is 12.3 Å². The highest BCUT2D eigenvalue weighted by Gasteiger charge is 2.27. The molecule has 7 heteroatoms. The highest BCUT2D eigenvalue weighted by Crippen LogP contribution is 2.21. The summed E-state index contributed by atoms with van der Waals surface area (Å²) in [6.07, 6.45) is -1.89. The Bertz CT molecular complexity index is 472. The lowest BCUT2D eigenvalue weighted by Crippen LogP contribution is -2.34. The Labute approximate surface area is 125 Å². The van der Waals surface area contributed by atoms with Gasteiger partial charge >= 0.3 is 6.18 Å². The molecule has 1 amide bonds. The van der Waals surface area contributed by atoms with E-state index in [0.29, 0.717) is 6.04 Å². The Morgan fingerprint density at radius 1 is 1.24 bits per heavy atom. The van der Waals surface area contributed by atoms with Gasteiger partial charge in [0.15, 0.2) is 0 Å². The molecule has 0 aliphatic heterocycles. The van der Waals surface area contributed by atoms with Crippen LogP contribution in [-0.2, 0) is 11.3 Å². The molecule has 1 saturated carbocycles. The molecule has 1 aliphatic rings. The van der Waals surface area contributed by atoms with E-state index in [1.165, 1.54) is 24.6 Å². The van der Waals surface area contributed by atoms with Gasteiger partial charge in [-0.15, -0.1) is 11.8 Å². The van der Waals surface area contributed by atoms with Crippen LogP contribution in [0.25, 0.3) is 0 Å². The van der Waals surface area contributed by atoms with Gasteiger partial charge in [-0.05, 0) is 30.5 Å². The monoisotopic (exact) mass is 318 g/mol. The molecule has 21 heavy (non-hydrogen) atoms. The van der Waals surface area contributed by atoms with Crippen molar-refractivity contribution in [1.82, 2.24) is 10.6 Å². The minimum atomic E-state index is -4.36. The summed E-state index contributed by atoms with van der Waals surface area (Å²) in [6, 6.07) is 8.34. The zero-order valence-corrected chi connectivity index (χ0v) is 12.2. The first-order valence-corrected chi connectivity index (χ1v) is 7.69. The summed E-state index contributed by atoms with van der Waals surface area (Å²) in [5.41, 5.74) is 1.16. The lowest BCUT2D eigenvalue weighted by Gasteiger charge is -2.08. The Balaban J connectivity index is 1.68. The second-order valence-electron chi connectivity index (χ2n) is 4.98. The lowest BCUT2D eigenvalue weighted by atomic mass is 10.2. The predicted octanol–water partition coefficient (Wildman–Crippen LogP) is 2.71. The second kappa shape index (κ2) is 7.17. The van der Waals surface area contributed by atoms with E-state index in [9.17, 15) is 18.0 Å². The molecule has 2 N–H and O–H groups in total. The van der Waals surface area contributed by atoms with Crippen molar-refractivity contribution in [2.45, 2.75) is 36.5 Å². The summed E-state index contributed by atoms with van der Waals surface area (Å²) in [6.45, 7) is -0.458. The maximum Gasteiger partial charge on any atom is 0.405 e. The summed E-state index contributed by atoms with van der Waals surface area (Å²) in [5, 5.41) is 5.25. The molecule has 0 aromatic heterocycles. The number of hydrogen-bond donors (Lipinski definition) is 2. The van der Waals surface area contributed by atoms with Crippen molar-refractivity contribution in [3.05, 3.63) is 29.8 Å². The number of alkyl halides is 3. The zero-order chi connectivity index (χ0) is 15.3. The molecule has 0 unspecified atom stereocenters. The third-order valence-electron chi connectivity index (χ3n) is 2.95. The topological polar surface area (TPSA) is 41.1 Å². The molecule has 1 aromatic rings. The van der Waals surface area contributed by atoms with Crippen molar-refractivity contribution in [2.24, 2.45) is 0 Å². The number of benzene rings is 1. The molecule has 2 rings (SSSR count). The van der Waals surface area contributed by atoms with Crippen LogP contribution in [0.3, 0.4) is 0 Å². The van der Waals surface area contributed by atoms with Gasteiger partial charge in [-0.3, -0.25) is 4.79 Å². The van der Waals surface area contributed by atoms with Crippen LogP contribution in [-0.4, -0.2) is 30.4 Å². The average Bonchev–Trinajstić information content (AvgIpc) is 3.25. The van der Waals surface area contributed by atoms with Gasteiger partial charge in [0.25, 0.3) is 0 Å². The van der Waals surface area contributed by atoms with E-state index in [2.05, 4.69) is 5.32 Å². The standard InChI is InChI=1S/C14H17F3N2OS/c15-14(16,17)9-19-13(20)8-21-12-5-1-10(2-6-12)7-18-11-3-4-11/h1-2,5-6,11,18H,3-4,7-9H2,(H,19,20). The molecule has 1 fully saturated rings. The fourth-order valence-corrected chi connectivity index (χ4v) is 2.38. The first-order valence-electron chi connectivity index (χ1n) is 6.71. The molecule has 116 valence electrons. The van der Waals surface area contributed by atoms with Crippen LogP contribution in [0.15, 0.2) is 29.2 Å². The third kappa shape index (κ3) is 6.86. The van der Waals surface area contributed by atoms with E-state index >= 15 is 0 Å². The van der Waals surface area contributed by atoms with E-state index in [1.54, 1.807) is 0 Å². The fourth-order valence-electron chi connectivity index (χ4n) is 1.65. The van der Waals surface area contributed by atoms with Gasteiger partial charge in [-0.2, -0.15) is 13.2 Å². The molecule has 3 nitrogen and oxygen atoms in total. The third-order valence-corrected chi connectivity index (χ3v) is 3.96. The maximum atomic E-state index is 11.9. The van der Waals surface area contributed by atoms with Crippen LogP contribution < -0.4 is 10.6 Å². The minimum absolute atomic E-state index is 0.0181. The number of thioether (sulfide) groups is 1. The van der Waals surface area contributed by atoms with Crippen LogP contribution in [0, 0.1) is 0 Å². The zero-order valence-electron chi connectivity index (χ0n) is 11.4.